The molecule has 4 aliphatic carbocycles. The van der Waals surface area contributed by atoms with Crippen molar-refractivity contribution in [1.29, 1.82) is 0 Å². The van der Waals surface area contributed by atoms with Crippen LogP contribution in [-0.2, 0) is 23.7 Å². The van der Waals surface area contributed by atoms with Crippen LogP contribution < -0.4 is 0 Å². The summed E-state index contributed by atoms with van der Waals surface area (Å²) in [6.45, 7) is 15.9. The average molecular weight is 767 g/mol. The molecule has 6 aliphatic rings. The predicted molar refractivity (Wildman–Crippen MR) is 195 cm³/mol. The van der Waals surface area contributed by atoms with Gasteiger partial charge in [0.15, 0.2) is 12.6 Å². The second-order valence-electron chi connectivity index (χ2n) is 18.7. The highest BCUT2D eigenvalue weighted by atomic mass is 16.8. The zero-order valence-electron chi connectivity index (χ0n) is 32.9. The fourth-order valence-corrected chi connectivity index (χ4v) is 12.4. The molecule has 8 N–H and O–H groups in total. The van der Waals surface area contributed by atoms with E-state index < -0.39 is 90.2 Å². The van der Waals surface area contributed by atoms with Crippen LogP contribution in [0.2, 0.25) is 0 Å². The Bertz CT molecular complexity index is 1430. The Morgan fingerprint density at radius 2 is 1.59 bits per heavy atom. The first-order valence-corrected chi connectivity index (χ1v) is 20.1. The van der Waals surface area contributed by atoms with E-state index in [9.17, 15) is 45.6 Å². The van der Waals surface area contributed by atoms with E-state index in [0.717, 1.165) is 49.7 Å². The minimum atomic E-state index is -1.72. The van der Waals surface area contributed by atoms with Crippen molar-refractivity contribution in [2.75, 3.05) is 13.2 Å². The number of rotatable bonds is 11. The predicted octanol–water partition coefficient (Wildman–Crippen LogP) is 2.80. The van der Waals surface area contributed by atoms with Gasteiger partial charge in [0.05, 0.1) is 30.8 Å². The fourth-order valence-electron chi connectivity index (χ4n) is 12.4. The van der Waals surface area contributed by atoms with Gasteiger partial charge in [-0.15, -0.1) is 0 Å². The molecule has 308 valence electrons. The lowest BCUT2D eigenvalue weighted by Gasteiger charge is -2.62. The number of aliphatic hydroxyl groups is 7. The summed E-state index contributed by atoms with van der Waals surface area (Å²) in [6, 6.07) is 0. The van der Waals surface area contributed by atoms with Crippen LogP contribution in [-0.4, -0.2) is 128 Å². The van der Waals surface area contributed by atoms with Gasteiger partial charge < -0.3 is 59.8 Å². The summed E-state index contributed by atoms with van der Waals surface area (Å²) in [4.78, 5) is 13.7. The molecule has 0 aromatic rings. The van der Waals surface area contributed by atoms with Crippen molar-refractivity contribution in [3.63, 3.8) is 0 Å². The van der Waals surface area contributed by atoms with Gasteiger partial charge >= 0.3 is 5.97 Å². The molecule has 0 spiro atoms. The number of ether oxygens (including phenoxy) is 4. The molecular formula is C41H66O13. The normalized spacial score (nSPS) is 47.3. The summed E-state index contributed by atoms with van der Waals surface area (Å²) in [5.74, 6) is -0.0798. The maximum atomic E-state index is 13.7. The molecule has 13 nitrogen and oxygen atoms in total. The van der Waals surface area contributed by atoms with Gasteiger partial charge in [-0.1, -0.05) is 57.9 Å². The second kappa shape index (κ2) is 15.4. The molecule has 2 unspecified atom stereocenters. The Balaban J connectivity index is 1.23. The molecule has 2 aliphatic heterocycles. The lowest BCUT2D eigenvalue weighted by Crippen LogP contribution is -2.64. The molecule has 2 saturated heterocycles. The first-order chi connectivity index (χ1) is 25.3. The standard InChI is InChI=1S/C41H66O13/c1-20(2)25(43)10-8-21(3)22-13-17-41(37(49)50)24-9-11-28-38(4,5)29(14-15-39(28,6)23(24)12-16-40(22,41)7)53-36-34(30(45)26(44)19-51-36)54-35-33(48)32(47)31(46)27(18-42)52-35/h21-22,25-36,42-48H,1,8-19H2,2-7H3,(H,49,50)/t21-,22?,25+,26+,27-,28?,29+,30+,31+,32+,33-,34-,35+,36+,39-,40-,41+/m1/s1. The molecule has 0 bridgehead atoms. The molecule has 2 heterocycles. The lowest BCUT2D eigenvalue weighted by molar-refractivity contribution is -0.365. The lowest BCUT2D eigenvalue weighted by atomic mass is 9.43. The maximum Gasteiger partial charge on any atom is 0.314 e. The largest absolute Gasteiger partial charge is 0.481 e. The first kappa shape index (κ1) is 42.1. The van der Waals surface area contributed by atoms with Crippen LogP contribution >= 0.6 is 0 Å². The summed E-state index contributed by atoms with van der Waals surface area (Å²) in [7, 11) is 0. The highest BCUT2D eigenvalue weighted by Gasteiger charge is 2.68. The van der Waals surface area contributed by atoms with Crippen LogP contribution in [0, 0.1) is 39.4 Å². The summed E-state index contributed by atoms with van der Waals surface area (Å²) >= 11 is 0. The van der Waals surface area contributed by atoms with E-state index in [4.69, 9.17) is 18.9 Å². The Hall–Kier alpha value is -1.49. The van der Waals surface area contributed by atoms with Gasteiger partial charge in [0.25, 0.3) is 0 Å². The SMILES string of the molecule is C=C(C)[C@@H](O)CC[C@@H](C)C1CC[C@@]2(C(=O)O)C3=C(CC[C@]12C)[C@@]1(C)CC[C@H](O[C@@H]2OC[C@H](O)[C@H](O)[C@H]2O[C@@H]2O[C@H](CO)[C@H](O)[C@H](O)[C@H]2O)C(C)(C)C1CC3. The molecule has 13 heteroatoms. The first-order valence-electron chi connectivity index (χ1n) is 20.1. The molecule has 6 rings (SSSR count). The zero-order valence-corrected chi connectivity index (χ0v) is 32.9. The van der Waals surface area contributed by atoms with Crippen LogP contribution in [0.25, 0.3) is 0 Å². The maximum absolute atomic E-state index is 13.7. The third-order valence-electron chi connectivity index (χ3n) is 15.6. The number of hydrogen-bond donors (Lipinski definition) is 8. The molecule has 2 saturated carbocycles. The van der Waals surface area contributed by atoms with Gasteiger partial charge in [0, 0.05) is 0 Å². The van der Waals surface area contributed by atoms with E-state index in [-0.39, 0.29) is 35.9 Å². The number of fused-ring (bicyclic) bond motifs is 4. The van der Waals surface area contributed by atoms with Crippen molar-refractivity contribution >= 4 is 5.97 Å². The summed E-state index contributed by atoms with van der Waals surface area (Å²) in [6.07, 6.45) is -6.64. The second-order valence-corrected chi connectivity index (χ2v) is 18.7. The number of carboxylic acids is 1. The van der Waals surface area contributed by atoms with Crippen molar-refractivity contribution in [3.05, 3.63) is 23.3 Å². The molecule has 4 fully saturated rings. The molecule has 0 amide bonds. The van der Waals surface area contributed by atoms with E-state index in [2.05, 4.69) is 41.2 Å². The van der Waals surface area contributed by atoms with Crippen LogP contribution in [0.4, 0.5) is 0 Å². The monoisotopic (exact) mass is 766 g/mol. The van der Waals surface area contributed by atoms with Gasteiger partial charge in [-0.05, 0) is 105 Å². The average Bonchev–Trinajstić information content (AvgIpc) is 3.45. The molecule has 0 radical (unpaired) electrons. The van der Waals surface area contributed by atoms with Crippen molar-refractivity contribution in [3.8, 4) is 0 Å². The van der Waals surface area contributed by atoms with Crippen LogP contribution in [0.15, 0.2) is 23.3 Å². The van der Waals surface area contributed by atoms with Gasteiger partial charge in [-0.2, -0.15) is 0 Å². The van der Waals surface area contributed by atoms with Crippen LogP contribution in [0.1, 0.15) is 106 Å². The minimum absolute atomic E-state index is 0.140. The number of carboxylic acid groups (broad SMARTS) is 1. The summed E-state index contributed by atoms with van der Waals surface area (Å²) in [5, 5.41) is 84.2. The topological polar surface area (TPSA) is 216 Å². The van der Waals surface area contributed by atoms with E-state index >= 15 is 0 Å². The van der Waals surface area contributed by atoms with Crippen molar-refractivity contribution in [2.24, 2.45) is 39.4 Å². The Labute approximate surface area is 319 Å². The highest BCUT2D eigenvalue weighted by molar-refractivity contribution is 5.82. The quantitative estimate of drug-likeness (QED) is 0.142. The van der Waals surface area contributed by atoms with E-state index in [1.807, 2.05) is 6.92 Å². The van der Waals surface area contributed by atoms with Gasteiger partial charge in [-0.25, -0.2) is 0 Å². The van der Waals surface area contributed by atoms with Crippen molar-refractivity contribution in [1.82, 2.24) is 0 Å². The van der Waals surface area contributed by atoms with Gasteiger partial charge in [-0.3, -0.25) is 4.79 Å². The zero-order chi connectivity index (χ0) is 39.7. The fraction of sp³-hybridized carbons (Fsp3) is 0.878. The number of aliphatic carboxylic acids is 1. The molecule has 17 atom stereocenters. The number of aliphatic hydroxyl groups excluding tert-OH is 7. The minimum Gasteiger partial charge on any atom is -0.481 e. The number of allylic oxidation sites excluding steroid dienone is 1. The summed E-state index contributed by atoms with van der Waals surface area (Å²) < 4.78 is 24.1. The molecular weight excluding hydrogens is 700 g/mol. The Morgan fingerprint density at radius 1 is 0.889 bits per heavy atom. The van der Waals surface area contributed by atoms with E-state index in [0.29, 0.717) is 25.7 Å². The van der Waals surface area contributed by atoms with E-state index in [1.54, 1.807) is 0 Å². The van der Waals surface area contributed by atoms with Crippen LogP contribution in [0.3, 0.4) is 0 Å². The van der Waals surface area contributed by atoms with Crippen molar-refractivity contribution < 1.29 is 64.6 Å². The molecule has 0 aromatic heterocycles. The Kier molecular flexibility index (Phi) is 12.0. The molecule has 54 heavy (non-hydrogen) atoms. The van der Waals surface area contributed by atoms with E-state index in [1.165, 1.54) is 5.57 Å². The highest BCUT2D eigenvalue weighted by Crippen LogP contribution is 2.73. The van der Waals surface area contributed by atoms with Gasteiger partial charge in [0.1, 0.15) is 42.7 Å². The third-order valence-corrected chi connectivity index (χ3v) is 15.6. The number of hydrogen-bond acceptors (Lipinski definition) is 12. The number of carbonyl (C=O) groups is 1. The van der Waals surface area contributed by atoms with Gasteiger partial charge in [0.2, 0.25) is 0 Å². The molecule has 0 aromatic carbocycles. The van der Waals surface area contributed by atoms with Crippen molar-refractivity contribution in [2.45, 2.75) is 173 Å². The van der Waals surface area contributed by atoms with Crippen LogP contribution in [0.5, 0.6) is 0 Å². The smallest absolute Gasteiger partial charge is 0.314 e. The Morgan fingerprint density at radius 3 is 2.24 bits per heavy atom. The summed E-state index contributed by atoms with van der Waals surface area (Å²) in [5.41, 5.74) is 1.17. The third kappa shape index (κ3) is 6.64.